The summed E-state index contributed by atoms with van der Waals surface area (Å²) in [6, 6.07) is 7.89. The maximum Gasteiger partial charge on any atom is 0.310 e. The Kier molecular flexibility index (Phi) is 7.52. The van der Waals surface area contributed by atoms with Crippen LogP contribution in [0.25, 0.3) is 0 Å². The molecule has 7 nitrogen and oxygen atoms in total. The molecule has 0 aliphatic carbocycles. The molecule has 0 heterocycles. The van der Waals surface area contributed by atoms with Crippen LogP contribution in [0.5, 0.6) is 23.0 Å². The van der Waals surface area contributed by atoms with Crippen LogP contribution in [0.4, 0.5) is 0 Å². The van der Waals surface area contributed by atoms with Crippen molar-refractivity contribution in [2.75, 3.05) is 35.0 Å². The van der Waals surface area contributed by atoms with E-state index in [1.807, 2.05) is 0 Å². The van der Waals surface area contributed by atoms with Gasteiger partial charge in [-0.25, -0.2) is 0 Å². The lowest BCUT2D eigenvalue weighted by Crippen LogP contribution is -2.16. The first-order chi connectivity index (χ1) is 13.4. The molecule has 8 heteroatoms. The molecule has 0 atom stereocenters. The molecule has 0 fully saturated rings. The number of hydrogen-bond donors (Lipinski definition) is 0. The van der Waals surface area contributed by atoms with E-state index in [1.54, 1.807) is 24.3 Å². The van der Waals surface area contributed by atoms with E-state index in [-0.39, 0.29) is 12.2 Å². The molecule has 2 rings (SSSR count). The zero-order valence-corrected chi connectivity index (χ0v) is 16.8. The normalized spacial score (nSPS) is 10.2. The summed E-state index contributed by atoms with van der Waals surface area (Å²) in [5.41, 5.74) is 0.922. The summed E-state index contributed by atoms with van der Waals surface area (Å²) in [6.45, 7) is -0.397. The quantitative estimate of drug-likeness (QED) is 0.465. The molecule has 0 unspecified atom stereocenters. The average molecular weight is 409 g/mol. The molecule has 2 aromatic carbocycles. The lowest BCUT2D eigenvalue weighted by atomic mass is 10.1. The minimum Gasteiger partial charge on any atom is -0.495 e. The molecule has 0 aliphatic rings. The van der Waals surface area contributed by atoms with Gasteiger partial charge in [-0.15, -0.1) is 0 Å². The van der Waals surface area contributed by atoms with Gasteiger partial charge in [-0.2, -0.15) is 0 Å². The van der Waals surface area contributed by atoms with Gasteiger partial charge in [-0.1, -0.05) is 11.6 Å². The Labute approximate surface area is 168 Å². The molecule has 0 aromatic heterocycles. The molecule has 0 amide bonds. The fourth-order valence-corrected chi connectivity index (χ4v) is 2.78. The van der Waals surface area contributed by atoms with Crippen molar-refractivity contribution >= 4 is 23.4 Å². The highest BCUT2D eigenvalue weighted by Gasteiger charge is 2.17. The van der Waals surface area contributed by atoms with Crippen molar-refractivity contribution in [1.82, 2.24) is 0 Å². The standard InChI is InChI=1S/C20H21ClO7/c1-24-16-6-5-13(10-14(16)21)15(22)11-28-19(23)9-12-7-17(25-2)20(27-4)18(8-12)26-3/h5-8,10H,9,11H2,1-4H3. The summed E-state index contributed by atoms with van der Waals surface area (Å²) in [5, 5.41) is 0.303. The van der Waals surface area contributed by atoms with E-state index in [2.05, 4.69) is 0 Å². The van der Waals surface area contributed by atoms with E-state index >= 15 is 0 Å². The number of ether oxygens (including phenoxy) is 5. The molecule has 0 aliphatic heterocycles. The van der Waals surface area contributed by atoms with E-state index in [9.17, 15) is 9.59 Å². The molecule has 0 spiro atoms. The van der Waals surface area contributed by atoms with Crippen molar-refractivity contribution in [2.45, 2.75) is 6.42 Å². The van der Waals surface area contributed by atoms with Gasteiger partial charge in [0, 0.05) is 5.56 Å². The molecular formula is C20H21ClO7. The van der Waals surface area contributed by atoms with Crippen LogP contribution in [-0.4, -0.2) is 46.8 Å². The monoisotopic (exact) mass is 408 g/mol. The van der Waals surface area contributed by atoms with Crippen LogP contribution < -0.4 is 18.9 Å². The maximum absolute atomic E-state index is 12.2. The van der Waals surface area contributed by atoms with Crippen molar-refractivity contribution in [1.29, 1.82) is 0 Å². The van der Waals surface area contributed by atoms with Gasteiger partial charge in [0.1, 0.15) is 5.75 Å². The third kappa shape index (κ3) is 5.07. The van der Waals surface area contributed by atoms with Crippen molar-refractivity contribution in [3.8, 4) is 23.0 Å². The lowest BCUT2D eigenvalue weighted by molar-refractivity contribution is -0.141. The van der Waals surface area contributed by atoms with Crippen LogP contribution in [0, 0.1) is 0 Å². The zero-order valence-electron chi connectivity index (χ0n) is 16.0. The molecule has 0 saturated heterocycles. The summed E-state index contributed by atoms with van der Waals surface area (Å²) in [6.07, 6.45) is -0.0621. The highest BCUT2D eigenvalue weighted by atomic mass is 35.5. The smallest absolute Gasteiger partial charge is 0.310 e. The number of ketones is 1. The van der Waals surface area contributed by atoms with Crippen molar-refractivity contribution in [3.05, 3.63) is 46.5 Å². The predicted molar refractivity (Wildman–Crippen MR) is 103 cm³/mol. The van der Waals surface area contributed by atoms with Crippen LogP contribution in [-0.2, 0) is 16.0 Å². The van der Waals surface area contributed by atoms with Crippen LogP contribution in [0.15, 0.2) is 30.3 Å². The van der Waals surface area contributed by atoms with Gasteiger partial charge >= 0.3 is 5.97 Å². The number of carbonyl (C=O) groups is 2. The van der Waals surface area contributed by atoms with Gasteiger partial charge in [0.15, 0.2) is 23.9 Å². The van der Waals surface area contributed by atoms with Gasteiger partial charge in [0.2, 0.25) is 5.75 Å². The van der Waals surface area contributed by atoms with Gasteiger partial charge < -0.3 is 23.7 Å². The van der Waals surface area contributed by atoms with Crippen LogP contribution in [0.1, 0.15) is 15.9 Å². The number of methoxy groups -OCH3 is 4. The van der Waals surface area contributed by atoms with Crippen molar-refractivity contribution < 1.29 is 33.3 Å². The minimum atomic E-state index is -0.567. The summed E-state index contributed by atoms with van der Waals surface area (Å²) in [4.78, 5) is 24.3. The topological polar surface area (TPSA) is 80.3 Å². The van der Waals surface area contributed by atoms with E-state index in [1.165, 1.54) is 34.5 Å². The number of hydrogen-bond acceptors (Lipinski definition) is 7. The van der Waals surface area contributed by atoms with E-state index in [4.69, 9.17) is 35.3 Å². The Balaban J connectivity index is 2.02. The molecule has 0 bridgehead atoms. The number of halogens is 1. The van der Waals surface area contributed by atoms with E-state index in [0.29, 0.717) is 39.1 Å². The summed E-state index contributed by atoms with van der Waals surface area (Å²) >= 11 is 6.01. The highest BCUT2D eigenvalue weighted by Crippen LogP contribution is 2.38. The number of Topliss-reactive ketones (excluding diaryl/α,β-unsaturated/α-hetero) is 1. The Morgan fingerprint density at radius 1 is 0.857 bits per heavy atom. The van der Waals surface area contributed by atoms with Crippen LogP contribution in [0.3, 0.4) is 0 Å². The molecule has 0 radical (unpaired) electrons. The minimum absolute atomic E-state index is 0.0621. The number of esters is 1. The first-order valence-electron chi connectivity index (χ1n) is 8.24. The Morgan fingerprint density at radius 2 is 1.46 bits per heavy atom. The SMILES string of the molecule is COc1ccc(C(=O)COC(=O)Cc2cc(OC)c(OC)c(OC)c2)cc1Cl. The molecule has 2 aromatic rings. The molecule has 28 heavy (non-hydrogen) atoms. The second-order valence-corrected chi connectivity index (χ2v) is 6.05. The number of carbonyl (C=O) groups excluding carboxylic acids is 2. The van der Waals surface area contributed by atoms with Crippen LogP contribution >= 0.6 is 11.6 Å². The number of rotatable bonds is 9. The maximum atomic E-state index is 12.2. The molecular weight excluding hydrogens is 388 g/mol. The van der Waals surface area contributed by atoms with E-state index < -0.39 is 12.6 Å². The second kappa shape index (κ2) is 9.85. The first-order valence-corrected chi connectivity index (χ1v) is 8.62. The third-order valence-corrected chi connectivity index (χ3v) is 4.21. The van der Waals surface area contributed by atoms with Gasteiger partial charge in [0.25, 0.3) is 0 Å². The molecule has 150 valence electrons. The Morgan fingerprint density at radius 3 is 1.96 bits per heavy atom. The van der Waals surface area contributed by atoms with Gasteiger partial charge in [-0.05, 0) is 35.9 Å². The van der Waals surface area contributed by atoms with Gasteiger partial charge in [0.05, 0.1) is 39.9 Å². The highest BCUT2D eigenvalue weighted by molar-refractivity contribution is 6.32. The zero-order chi connectivity index (χ0) is 20.7. The molecule has 0 saturated carbocycles. The van der Waals surface area contributed by atoms with Gasteiger partial charge in [-0.3, -0.25) is 9.59 Å². The van der Waals surface area contributed by atoms with Crippen molar-refractivity contribution in [2.24, 2.45) is 0 Å². The number of benzene rings is 2. The Bertz CT molecular complexity index is 839. The lowest BCUT2D eigenvalue weighted by Gasteiger charge is -2.14. The summed E-state index contributed by atoms with van der Waals surface area (Å²) in [5.74, 6) is 0.790. The first kappa shape index (κ1) is 21.4. The second-order valence-electron chi connectivity index (χ2n) is 5.64. The van der Waals surface area contributed by atoms with E-state index in [0.717, 1.165) is 0 Å². The third-order valence-electron chi connectivity index (χ3n) is 3.91. The van der Waals surface area contributed by atoms with Crippen molar-refractivity contribution in [3.63, 3.8) is 0 Å². The fourth-order valence-electron chi connectivity index (χ4n) is 2.52. The Hall–Kier alpha value is -2.93. The summed E-state index contributed by atoms with van der Waals surface area (Å²) in [7, 11) is 5.94. The molecule has 0 N–H and O–H groups in total. The fraction of sp³-hybridized carbons (Fsp3) is 0.300. The predicted octanol–water partition coefficient (Wildman–Crippen LogP) is 3.34. The summed E-state index contributed by atoms with van der Waals surface area (Å²) < 4.78 is 25.9. The van der Waals surface area contributed by atoms with Crippen LogP contribution in [0.2, 0.25) is 5.02 Å². The largest absolute Gasteiger partial charge is 0.495 e. The average Bonchev–Trinajstić information content (AvgIpc) is 2.70.